The molecule has 0 radical (unpaired) electrons. The number of hydrogen-bond donors (Lipinski definition) is 0. The SMILES string of the molecule is CC(C)[C@H](C)N(CCn1c(=O)oc2ccccc21)Cc1ccco1. The second kappa shape index (κ2) is 7.09. The lowest BCUT2D eigenvalue weighted by molar-refractivity contribution is 0.143. The molecule has 0 aliphatic heterocycles. The molecule has 3 aromatic rings. The number of fused-ring (bicyclic) bond motifs is 1. The smallest absolute Gasteiger partial charge is 0.419 e. The number of nitrogens with zero attached hydrogens (tertiary/aromatic N) is 2. The van der Waals surface area contributed by atoms with Crippen LogP contribution in [-0.2, 0) is 13.1 Å². The van der Waals surface area contributed by atoms with Crippen LogP contribution in [0.25, 0.3) is 11.1 Å². The number of aromatic nitrogens is 1. The molecule has 0 N–H and O–H groups in total. The van der Waals surface area contributed by atoms with Gasteiger partial charge < -0.3 is 8.83 Å². The van der Waals surface area contributed by atoms with Crippen molar-refractivity contribution in [2.75, 3.05) is 6.54 Å². The molecule has 0 unspecified atom stereocenters. The summed E-state index contributed by atoms with van der Waals surface area (Å²) < 4.78 is 12.5. The maximum absolute atomic E-state index is 12.1. The van der Waals surface area contributed by atoms with Crippen LogP contribution >= 0.6 is 0 Å². The van der Waals surface area contributed by atoms with Gasteiger partial charge in [0.25, 0.3) is 0 Å². The van der Waals surface area contributed by atoms with Crippen molar-refractivity contribution in [3.05, 3.63) is 59.0 Å². The third-order valence-electron chi connectivity index (χ3n) is 4.66. The fraction of sp³-hybridized carbons (Fsp3) is 0.421. The molecule has 0 aliphatic carbocycles. The topological polar surface area (TPSA) is 51.5 Å². The van der Waals surface area contributed by atoms with Crippen molar-refractivity contribution >= 4 is 11.1 Å². The minimum absolute atomic E-state index is 0.300. The lowest BCUT2D eigenvalue weighted by atomic mass is 10.0. The van der Waals surface area contributed by atoms with E-state index in [4.69, 9.17) is 8.83 Å². The van der Waals surface area contributed by atoms with Crippen LogP contribution in [0.15, 0.2) is 56.3 Å². The zero-order chi connectivity index (χ0) is 17.1. The van der Waals surface area contributed by atoms with Gasteiger partial charge in [-0.3, -0.25) is 9.47 Å². The predicted octanol–water partition coefficient (Wildman–Crippen LogP) is 3.73. The molecule has 0 amide bonds. The van der Waals surface area contributed by atoms with E-state index in [2.05, 4.69) is 25.7 Å². The van der Waals surface area contributed by atoms with Gasteiger partial charge in [-0.25, -0.2) is 4.79 Å². The van der Waals surface area contributed by atoms with Gasteiger partial charge in [0.1, 0.15) is 5.76 Å². The van der Waals surface area contributed by atoms with Gasteiger partial charge in [-0.05, 0) is 37.1 Å². The molecule has 128 valence electrons. The zero-order valence-corrected chi connectivity index (χ0v) is 14.4. The first kappa shape index (κ1) is 16.6. The normalized spacial score (nSPS) is 13.2. The van der Waals surface area contributed by atoms with Gasteiger partial charge in [0.15, 0.2) is 5.58 Å². The number of oxazole rings is 1. The van der Waals surface area contributed by atoms with Gasteiger partial charge >= 0.3 is 5.76 Å². The van der Waals surface area contributed by atoms with Crippen LogP contribution in [0.2, 0.25) is 0 Å². The quantitative estimate of drug-likeness (QED) is 0.663. The minimum Gasteiger partial charge on any atom is -0.468 e. The number of benzene rings is 1. The van der Waals surface area contributed by atoms with E-state index in [0.717, 1.165) is 24.4 Å². The lowest BCUT2D eigenvalue weighted by Gasteiger charge is -2.31. The lowest BCUT2D eigenvalue weighted by Crippen LogP contribution is -2.39. The molecule has 0 bridgehead atoms. The minimum atomic E-state index is -0.300. The molecule has 5 heteroatoms. The Morgan fingerprint density at radius 2 is 1.92 bits per heavy atom. The summed E-state index contributed by atoms with van der Waals surface area (Å²) in [5, 5.41) is 0. The first-order valence-electron chi connectivity index (χ1n) is 8.41. The number of rotatable bonds is 7. The molecule has 0 fully saturated rings. The largest absolute Gasteiger partial charge is 0.468 e. The van der Waals surface area contributed by atoms with Crippen molar-refractivity contribution in [3.8, 4) is 0 Å². The highest BCUT2D eigenvalue weighted by atomic mass is 16.4. The highest BCUT2D eigenvalue weighted by Crippen LogP contribution is 2.16. The van der Waals surface area contributed by atoms with Crippen LogP contribution in [-0.4, -0.2) is 22.1 Å². The van der Waals surface area contributed by atoms with E-state index in [1.54, 1.807) is 10.8 Å². The van der Waals surface area contributed by atoms with Crippen LogP contribution < -0.4 is 5.76 Å². The monoisotopic (exact) mass is 328 g/mol. The predicted molar refractivity (Wildman–Crippen MR) is 93.9 cm³/mol. The van der Waals surface area contributed by atoms with Gasteiger partial charge in [0, 0.05) is 19.1 Å². The Hall–Kier alpha value is -2.27. The summed E-state index contributed by atoms with van der Waals surface area (Å²) in [6.45, 7) is 8.70. The van der Waals surface area contributed by atoms with Crippen molar-refractivity contribution in [1.82, 2.24) is 9.47 Å². The Labute approximate surface area is 141 Å². The van der Waals surface area contributed by atoms with Crippen LogP contribution in [0, 0.1) is 5.92 Å². The second-order valence-corrected chi connectivity index (χ2v) is 6.52. The molecule has 0 spiro atoms. The molecule has 2 heterocycles. The Morgan fingerprint density at radius 3 is 2.62 bits per heavy atom. The van der Waals surface area contributed by atoms with E-state index < -0.39 is 0 Å². The molecule has 0 aliphatic rings. The van der Waals surface area contributed by atoms with Crippen molar-refractivity contribution in [3.63, 3.8) is 0 Å². The molecule has 2 aromatic heterocycles. The van der Waals surface area contributed by atoms with Crippen LogP contribution in [0.5, 0.6) is 0 Å². The summed E-state index contributed by atoms with van der Waals surface area (Å²) in [5.41, 5.74) is 1.48. The standard InChI is InChI=1S/C19H24N2O3/c1-14(2)15(3)20(13-16-7-6-12-23-16)10-11-21-17-8-4-5-9-18(17)24-19(21)22/h4-9,12,14-15H,10-11,13H2,1-3H3/t15-/m0/s1. The summed E-state index contributed by atoms with van der Waals surface area (Å²) >= 11 is 0. The number of para-hydroxylation sites is 2. The highest BCUT2D eigenvalue weighted by Gasteiger charge is 2.19. The van der Waals surface area contributed by atoms with Gasteiger partial charge in [0.05, 0.1) is 18.3 Å². The van der Waals surface area contributed by atoms with Crippen molar-refractivity contribution in [1.29, 1.82) is 0 Å². The number of furan rings is 1. The summed E-state index contributed by atoms with van der Waals surface area (Å²) in [7, 11) is 0. The molecular weight excluding hydrogens is 304 g/mol. The van der Waals surface area contributed by atoms with E-state index in [0.29, 0.717) is 24.1 Å². The van der Waals surface area contributed by atoms with Crippen LogP contribution in [0.1, 0.15) is 26.5 Å². The van der Waals surface area contributed by atoms with Crippen molar-refractivity contribution in [2.24, 2.45) is 5.92 Å². The highest BCUT2D eigenvalue weighted by molar-refractivity contribution is 5.72. The van der Waals surface area contributed by atoms with Crippen molar-refractivity contribution in [2.45, 2.75) is 39.9 Å². The summed E-state index contributed by atoms with van der Waals surface area (Å²) in [5.74, 6) is 1.15. The molecule has 3 rings (SSSR count). The Bertz CT molecular complexity index is 830. The maximum atomic E-state index is 12.1. The molecule has 1 aromatic carbocycles. The molecule has 5 nitrogen and oxygen atoms in total. The molecular formula is C19H24N2O3. The maximum Gasteiger partial charge on any atom is 0.419 e. The Morgan fingerprint density at radius 1 is 1.12 bits per heavy atom. The summed E-state index contributed by atoms with van der Waals surface area (Å²) in [4.78, 5) is 14.5. The second-order valence-electron chi connectivity index (χ2n) is 6.52. The zero-order valence-electron chi connectivity index (χ0n) is 14.4. The summed E-state index contributed by atoms with van der Waals surface area (Å²) in [6, 6.07) is 11.8. The van der Waals surface area contributed by atoms with Crippen molar-refractivity contribution < 1.29 is 8.83 Å². The fourth-order valence-electron chi connectivity index (χ4n) is 2.91. The van der Waals surface area contributed by atoms with Gasteiger partial charge in [-0.15, -0.1) is 0 Å². The summed E-state index contributed by atoms with van der Waals surface area (Å²) in [6.07, 6.45) is 1.70. The average molecular weight is 328 g/mol. The van der Waals surface area contributed by atoms with Gasteiger partial charge in [-0.1, -0.05) is 26.0 Å². The Kier molecular flexibility index (Phi) is 4.90. The molecule has 24 heavy (non-hydrogen) atoms. The van der Waals surface area contributed by atoms with E-state index >= 15 is 0 Å². The van der Waals surface area contributed by atoms with Crippen LogP contribution in [0.3, 0.4) is 0 Å². The first-order valence-corrected chi connectivity index (χ1v) is 8.41. The van der Waals surface area contributed by atoms with E-state index in [-0.39, 0.29) is 5.76 Å². The third-order valence-corrected chi connectivity index (χ3v) is 4.66. The number of hydrogen-bond acceptors (Lipinski definition) is 4. The van der Waals surface area contributed by atoms with E-state index in [9.17, 15) is 4.79 Å². The molecule has 1 atom stereocenters. The van der Waals surface area contributed by atoms with Gasteiger partial charge in [-0.2, -0.15) is 0 Å². The third kappa shape index (κ3) is 3.46. The van der Waals surface area contributed by atoms with Crippen LogP contribution in [0.4, 0.5) is 0 Å². The molecule has 0 saturated carbocycles. The molecule has 0 saturated heterocycles. The van der Waals surface area contributed by atoms with E-state index in [1.807, 2.05) is 36.4 Å². The first-order chi connectivity index (χ1) is 11.6. The van der Waals surface area contributed by atoms with Gasteiger partial charge in [0.2, 0.25) is 0 Å². The fourth-order valence-corrected chi connectivity index (χ4v) is 2.91. The average Bonchev–Trinajstić information content (AvgIpc) is 3.17. The van der Waals surface area contributed by atoms with E-state index in [1.165, 1.54) is 0 Å². The Balaban J connectivity index is 1.79.